The van der Waals surface area contributed by atoms with Gasteiger partial charge >= 0.3 is 5.97 Å². The zero-order valence-electron chi connectivity index (χ0n) is 15.5. The van der Waals surface area contributed by atoms with Crippen LogP contribution < -0.4 is 15.0 Å². The maximum atomic E-state index is 12.7. The quantitative estimate of drug-likeness (QED) is 0.812. The highest BCUT2D eigenvalue weighted by molar-refractivity contribution is 6.01. The average molecular weight is 371 g/mol. The summed E-state index contributed by atoms with van der Waals surface area (Å²) in [6.07, 6.45) is 0.714. The van der Waals surface area contributed by atoms with Gasteiger partial charge in [-0.1, -0.05) is 6.07 Å². The molecule has 1 N–H and O–H groups in total. The number of pyridine rings is 1. The van der Waals surface area contributed by atoms with Crippen molar-refractivity contribution in [2.75, 3.05) is 20.8 Å². The van der Waals surface area contributed by atoms with Gasteiger partial charge in [0.25, 0.3) is 5.56 Å². The number of ketones is 1. The molecule has 0 aliphatic heterocycles. The first-order chi connectivity index (χ1) is 13.0. The van der Waals surface area contributed by atoms with Crippen LogP contribution in [0.3, 0.4) is 0 Å². The summed E-state index contributed by atoms with van der Waals surface area (Å²) < 4.78 is 15.5. The van der Waals surface area contributed by atoms with E-state index in [9.17, 15) is 14.4 Å². The lowest BCUT2D eigenvalue weighted by Crippen LogP contribution is -2.28. The molecular formula is C20H21NO6. The number of esters is 1. The predicted molar refractivity (Wildman–Crippen MR) is 98.0 cm³/mol. The fraction of sp³-hybridized carbons (Fsp3) is 0.350. The number of hydrogen-bond acceptors (Lipinski definition) is 6. The largest absolute Gasteiger partial charge is 0.497 e. The van der Waals surface area contributed by atoms with Gasteiger partial charge < -0.3 is 19.2 Å². The molecule has 2 aromatic rings. The highest BCUT2D eigenvalue weighted by Gasteiger charge is 2.30. The molecule has 0 bridgehead atoms. The topological polar surface area (TPSA) is 94.7 Å². The second kappa shape index (κ2) is 7.65. The molecule has 142 valence electrons. The van der Waals surface area contributed by atoms with Gasteiger partial charge in [0, 0.05) is 29.7 Å². The van der Waals surface area contributed by atoms with E-state index >= 15 is 0 Å². The minimum Gasteiger partial charge on any atom is -0.497 e. The molecule has 0 radical (unpaired) electrons. The van der Waals surface area contributed by atoms with Crippen LogP contribution in [0.2, 0.25) is 0 Å². The van der Waals surface area contributed by atoms with Crippen molar-refractivity contribution in [1.29, 1.82) is 0 Å². The third-order valence-corrected chi connectivity index (χ3v) is 4.68. The van der Waals surface area contributed by atoms with Crippen molar-refractivity contribution in [3.63, 3.8) is 0 Å². The van der Waals surface area contributed by atoms with Gasteiger partial charge in [-0.3, -0.25) is 9.59 Å². The Morgan fingerprint density at radius 3 is 2.59 bits per heavy atom. The van der Waals surface area contributed by atoms with E-state index < -0.39 is 11.5 Å². The standard InChI is InChI=1S/C20H21NO6/c1-4-27-20(24)15-10-14-16(21-19(15)23)7-11(8-17(14)22)13-6-5-12(25-2)9-18(13)26-3/h5-6,9-11H,4,7-8H2,1-3H3,(H,21,23)/t11-/m0/s1. The van der Waals surface area contributed by atoms with E-state index in [0.717, 1.165) is 5.56 Å². The summed E-state index contributed by atoms with van der Waals surface area (Å²) >= 11 is 0. The maximum absolute atomic E-state index is 12.7. The second-order valence-corrected chi connectivity index (χ2v) is 6.26. The molecule has 3 rings (SSSR count). The summed E-state index contributed by atoms with van der Waals surface area (Å²) in [6, 6.07) is 6.79. The Bertz CT molecular complexity index is 946. The molecule has 0 unspecified atom stereocenters. The number of benzene rings is 1. The molecule has 1 heterocycles. The molecule has 1 atom stereocenters. The first-order valence-electron chi connectivity index (χ1n) is 8.66. The number of aromatic amines is 1. The van der Waals surface area contributed by atoms with Gasteiger partial charge in [0.15, 0.2) is 5.78 Å². The number of Topliss-reactive ketones (excluding diaryl/α,β-unsaturated/α-hetero) is 1. The first-order valence-corrected chi connectivity index (χ1v) is 8.66. The Labute approximate surface area is 156 Å². The summed E-state index contributed by atoms with van der Waals surface area (Å²) in [5, 5.41) is 0. The normalized spacial score (nSPS) is 15.8. The van der Waals surface area contributed by atoms with E-state index in [-0.39, 0.29) is 30.3 Å². The van der Waals surface area contributed by atoms with Crippen LogP contribution in [0.15, 0.2) is 29.1 Å². The van der Waals surface area contributed by atoms with Crippen LogP contribution in [0, 0.1) is 0 Å². The summed E-state index contributed by atoms with van der Waals surface area (Å²) in [4.78, 5) is 39.5. The van der Waals surface area contributed by atoms with Gasteiger partial charge in [-0.25, -0.2) is 4.79 Å². The molecule has 7 nitrogen and oxygen atoms in total. The van der Waals surface area contributed by atoms with E-state index in [0.29, 0.717) is 29.2 Å². The molecule has 27 heavy (non-hydrogen) atoms. The van der Waals surface area contributed by atoms with Gasteiger partial charge in [0.1, 0.15) is 17.1 Å². The molecule has 1 aromatic heterocycles. The van der Waals surface area contributed by atoms with E-state index in [1.165, 1.54) is 6.07 Å². The highest BCUT2D eigenvalue weighted by atomic mass is 16.5. The highest BCUT2D eigenvalue weighted by Crippen LogP contribution is 2.37. The van der Waals surface area contributed by atoms with Gasteiger partial charge in [-0.15, -0.1) is 0 Å². The maximum Gasteiger partial charge on any atom is 0.343 e. The molecule has 7 heteroatoms. The van der Waals surface area contributed by atoms with Crippen molar-refractivity contribution in [2.24, 2.45) is 0 Å². The molecule has 0 amide bonds. The number of methoxy groups -OCH3 is 2. The zero-order chi connectivity index (χ0) is 19.6. The number of carbonyl (C=O) groups excluding carboxylic acids is 2. The average Bonchev–Trinajstić information content (AvgIpc) is 2.66. The van der Waals surface area contributed by atoms with Crippen LogP contribution in [-0.4, -0.2) is 37.6 Å². The summed E-state index contributed by atoms with van der Waals surface area (Å²) in [6.45, 7) is 1.81. The lowest BCUT2D eigenvalue weighted by molar-refractivity contribution is 0.0524. The lowest BCUT2D eigenvalue weighted by Gasteiger charge is -2.25. The first kappa shape index (κ1) is 18.7. The molecule has 0 fully saturated rings. The molecule has 1 aliphatic carbocycles. The number of H-pyrrole nitrogens is 1. The predicted octanol–water partition coefficient (Wildman–Crippen LogP) is 2.48. The van der Waals surface area contributed by atoms with E-state index in [1.807, 2.05) is 12.1 Å². The Morgan fingerprint density at radius 1 is 1.15 bits per heavy atom. The van der Waals surface area contributed by atoms with Crippen molar-refractivity contribution in [3.8, 4) is 11.5 Å². The summed E-state index contributed by atoms with van der Waals surface area (Å²) in [7, 11) is 3.13. The van der Waals surface area contributed by atoms with Crippen LogP contribution >= 0.6 is 0 Å². The van der Waals surface area contributed by atoms with Gasteiger partial charge in [0.2, 0.25) is 0 Å². The SMILES string of the molecule is CCOC(=O)c1cc2c([nH]c1=O)C[C@H](c1ccc(OC)cc1OC)CC2=O. The molecule has 0 spiro atoms. The molecular weight excluding hydrogens is 350 g/mol. The number of aromatic nitrogens is 1. The van der Waals surface area contributed by atoms with Crippen LogP contribution in [0.1, 0.15) is 51.2 Å². The Balaban J connectivity index is 1.98. The van der Waals surface area contributed by atoms with Crippen LogP contribution in [-0.2, 0) is 11.2 Å². The van der Waals surface area contributed by atoms with Gasteiger partial charge in [-0.2, -0.15) is 0 Å². The second-order valence-electron chi connectivity index (χ2n) is 6.26. The van der Waals surface area contributed by atoms with Crippen molar-refractivity contribution in [1.82, 2.24) is 4.98 Å². The van der Waals surface area contributed by atoms with E-state index in [4.69, 9.17) is 14.2 Å². The third kappa shape index (κ3) is 3.58. The van der Waals surface area contributed by atoms with Gasteiger partial charge in [0.05, 0.1) is 20.8 Å². The van der Waals surface area contributed by atoms with Crippen LogP contribution in [0.25, 0.3) is 0 Å². The van der Waals surface area contributed by atoms with Crippen molar-refractivity contribution in [3.05, 3.63) is 57.0 Å². The fourth-order valence-electron chi connectivity index (χ4n) is 3.37. The number of rotatable bonds is 5. The van der Waals surface area contributed by atoms with E-state index in [1.54, 1.807) is 27.2 Å². The zero-order valence-corrected chi connectivity index (χ0v) is 15.5. The Kier molecular flexibility index (Phi) is 5.30. The summed E-state index contributed by atoms with van der Waals surface area (Å²) in [5.74, 6) is 0.274. The van der Waals surface area contributed by atoms with Crippen LogP contribution in [0.4, 0.5) is 0 Å². The third-order valence-electron chi connectivity index (χ3n) is 4.68. The molecule has 0 saturated carbocycles. The smallest absolute Gasteiger partial charge is 0.343 e. The fourth-order valence-corrected chi connectivity index (χ4v) is 3.37. The number of fused-ring (bicyclic) bond motifs is 1. The number of carbonyl (C=O) groups is 2. The van der Waals surface area contributed by atoms with Crippen molar-refractivity contribution >= 4 is 11.8 Å². The van der Waals surface area contributed by atoms with Crippen LogP contribution in [0.5, 0.6) is 11.5 Å². The van der Waals surface area contributed by atoms with Crippen molar-refractivity contribution < 1.29 is 23.8 Å². The number of ether oxygens (including phenoxy) is 3. The van der Waals surface area contributed by atoms with E-state index in [2.05, 4.69) is 4.98 Å². The van der Waals surface area contributed by atoms with Gasteiger partial charge in [-0.05, 0) is 31.0 Å². The number of nitrogens with one attached hydrogen (secondary N) is 1. The van der Waals surface area contributed by atoms with Crippen molar-refractivity contribution in [2.45, 2.75) is 25.7 Å². The Hall–Kier alpha value is -3.09. The molecule has 1 aromatic carbocycles. The minimum atomic E-state index is -0.728. The molecule has 0 saturated heterocycles. The minimum absolute atomic E-state index is 0.138. The molecule has 1 aliphatic rings. The number of hydrogen-bond donors (Lipinski definition) is 1. The summed E-state index contributed by atoms with van der Waals surface area (Å²) in [5.41, 5.74) is 1.05. The monoisotopic (exact) mass is 371 g/mol. The Morgan fingerprint density at radius 2 is 1.93 bits per heavy atom. The lowest BCUT2D eigenvalue weighted by atomic mass is 9.81.